The van der Waals surface area contributed by atoms with Gasteiger partial charge in [0.2, 0.25) is 10.0 Å². The second-order valence-electron chi connectivity index (χ2n) is 5.34. The predicted octanol–water partition coefficient (Wildman–Crippen LogP) is 1.73. The normalized spacial score (nSPS) is 22.6. The van der Waals surface area contributed by atoms with Crippen molar-refractivity contribution in [1.29, 1.82) is 0 Å². The van der Waals surface area contributed by atoms with Crippen LogP contribution < -0.4 is 10.5 Å². The first kappa shape index (κ1) is 15.3. The van der Waals surface area contributed by atoms with E-state index in [0.717, 1.165) is 18.4 Å². The average molecular weight is 298 g/mol. The van der Waals surface area contributed by atoms with Gasteiger partial charge in [-0.25, -0.2) is 13.1 Å². The maximum Gasteiger partial charge on any atom is 0.241 e. The van der Waals surface area contributed by atoms with E-state index in [-0.39, 0.29) is 17.0 Å². The highest BCUT2D eigenvalue weighted by atomic mass is 32.2. The van der Waals surface area contributed by atoms with Gasteiger partial charge in [0.15, 0.2) is 0 Å². The standard InChI is InChI=1S/C14H22N2O3S/c1-4-19-12-7-11(8-12)16-20(17,18)14-6-9(2)5-13(15)10(14)3/h5-6,11-12,16H,4,7-8,15H2,1-3H3. The summed E-state index contributed by atoms with van der Waals surface area (Å²) in [6.45, 7) is 6.17. The smallest absolute Gasteiger partial charge is 0.241 e. The number of sulfonamides is 1. The number of aryl methyl sites for hydroxylation is 1. The molecular formula is C14H22N2O3S. The molecule has 0 radical (unpaired) electrons. The van der Waals surface area contributed by atoms with Crippen LogP contribution in [0.5, 0.6) is 0 Å². The molecule has 0 aromatic heterocycles. The molecule has 112 valence electrons. The summed E-state index contributed by atoms with van der Waals surface area (Å²) < 4.78 is 33.0. The van der Waals surface area contributed by atoms with Crippen molar-refractivity contribution in [2.45, 2.75) is 50.7 Å². The van der Waals surface area contributed by atoms with Gasteiger partial charge in [-0.2, -0.15) is 0 Å². The number of ether oxygens (including phenoxy) is 1. The molecule has 3 N–H and O–H groups in total. The molecule has 0 amide bonds. The summed E-state index contributed by atoms with van der Waals surface area (Å²) in [5.74, 6) is 0. The molecule has 1 aliphatic rings. The first-order valence-electron chi connectivity index (χ1n) is 6.84. The molecule has 1 aromatic rings. The number of nitrogens with two attached hydrogens (primary N) is 1. The van der Waals surface area contributed by atoms with Crippen molar-refractivity contribution in [2.24, 2.45) is 0 Å². The van der Waals surface area contributed by atoms with Crippen LogP contribution in [0.1, 0.15) is 30.9 Å². The van der Waals surface area contributed by atoms with E-state index in [9.17, 15) is 8.42 Å². The van der Waals surface area contributed by atoms with E-state index < -0.39 is 10.0 Å². The van der Waals surface area contributed by atoms with Crippen LogP contribution in [-0.2, 0) is 14.8 Å². The lowest BCUT2D eigenvalue weighted by molar-refractivity contribution is -0.00475. The van der Waals surface area contributed by atoms with Crippen molar-refractivity contribution >= 4 is 15.7 Å². The molecule has 1 saturated carbocycles. The van der Waals surface area contributed by atoms with E-state index in [1.165, 1.54) is 0 Å². The Morgan fingerprint density at radius 3 is 2.60 bits per heavy atom. The van der Waals surface area contributed by atoms with E-state index in [0.29, 0.717) is 17.9 Å². The minimum Gasteiger partial charge on any atom is -0.398 e. The fourth-order valence-corrected chi connectivity index (χ4v) is 4.07. The molecule has 0 spiro atoms. The van der Waals surface area contributed by atoms with E-state index in [1.807, 2.05) is 13.8 Å². The van der Waals surface area contributed by atoms with Crippen LogP contribution in [0.25, 0.3) is 0 Å². The Morgan fingerprint density at radius 1 is 1.35 bits per heavy atom. The zero-order chi connectivity index (χ0) is 14.9. The van der Waals surface area contributed by atoms with Crippen molar-refractivity contribution in [3.63, 3.8) is 0 Å². The SMILES string of the molecule is CCOC1CC(NS(=O)(=O)c2cc(C)cc(N)c2C)C1. The minimum absolute atomic E-state index is 0.0438. The summed E-state index contributed by atoms with van der Waals surface area (Å²) in [6.07, 6.45) is 1.64. The second-order valence-corrected chi connectivity index (χ2v) is 7.03. The topological polar surface area (TPSA) is 81.4 Å². The highest BCUT2D eigenvalue weighted by molar-refractivity contribution is 7.89. The Morgan fingerprint density at radius 2 is 2.00 bits per heavy atom. The molecule has 0 atom stereocenters. The van der Waals surface area contributed by atoms with Crippen LogP contribution in [0, 0.1) is 13.8 Å². The summed E-state index contributed by atoms with van der Waals surface area (Å²) >= 11 is 0. The summed E-state index contributed by atoms with van der Waals surface area (Å²) in [5.41, 5.74) is 7.79. The molecule has 0 bridgehead atoms. The summed E-state index contributed by atoms with van der Waals surface area (Å²) in [6, 6.07) is 3.40. The Kier molecular flexibility index (Phi) is 4.36. The molecule has 6 heteroatoms. The quantitative estimate of drug-likeness (QED) is 0.811. The summed E-state index contributed by atoms with van der Waals surface area (Å²) in [7, 11) is -3.52. The third-order valence-electron chi connectivity index (χ3n) is 3.65. The lowest BCUT2D eigenvalue weighted by atomic mass is 9.90. The number of hydrogen-bond donors (Lipinski definition) is 2. The fraction of sp³-hybridized carbons (Fsp3) is 0.571. The summed E-state index contributed by atoms with van der Waals surface area (Å²) in [5, 5.41) is 0. The van der Waals surface area contributed by atoms with E-state index >= 15 is 0 Å². The highest BCUT2D eigenvalue weighted by Crippen LogP contribution is 2.27. The third-order valence-corrected chi connectivity index (χ3v) is 5.30. The lowest BCUT2D eigenvalue weighted by Crippen LogP contribution is -2.47. The van der Waals surface area contributed by atoms with Crippen molar-refractivity contribution < 1.29 is 13.2 Å². The van der Waals surface area contributed by atoms with Gasteiger partial charge in [0.25, 0.3) is 0 Å². The highest BCUT2D eigenvalue weighted by Gasteiger charge is 2.33. The molecule has 2 rings (SSSR count). The minimum atomic E-state index is -3.52. The second kappa shape index (κ2) is 5.71. The van der Waals surface area contributed by atoms with Crippen LogP contribution >= 0.6 is 0 Å². The monoisotopic (exact) mass is 298 g/mol. The number of benzene rings is 1. The van der Waals surface area contributed by atoms with Gasteiger partial charge in [-0.15, -0.1) is 0 Å². The first-order chi connectivity index (χ1) is 9.33. The van der Waals surface area contributed by atoms with Crippen LogP contribution in [-0.4, -0.2) is 27.2 Å². The Labute approximate surface area is 120 Å². The van der Waals surface area contributed by atoms with Gasteiger partial charge in [-0.05, 0) is 56.9 Å². The van der Waals surface area contributed by atoms with Gasteiger partial charge in [0, 0.05) is 18.3 Å². The Bertz CT molecular complexity index is 593. The van der Waals surface area contributed by atoms with Gasteiger partial charge in [0.1, 0.15) is 0 Å². The van der Waals surface area contributed by atoms with Gasteiger partial charge < -0.3 is 10.5 Å². The zero-order valence-corrected chi connectivity index (χ0v) is 13.0. The molecule has 5 nitrogen and oxygen atoms in total. The largest absolute Gasteiger partial charge is 0.398 e. The fourth-order valence-electron chi connectivity index (χ4n) is 2.45. The van der Waals surface area contributed by atoms with Crippen LogP contribution in [0.3, 0.4) is 0 Å². The lowest BCUT2D eigenvalue weighted by Gasteiger charge is -2.35. The number of hydrogen-bond acceptors (Lipinski definition) is 4. The van der Waals surface area contributed by atoms with E-state index in [4.69, 9.17) is 10.5 Å². The maximum atomic E-state index is 12.4. The molecular weight excluding hydrogens is 276 g/mol. The zero-order valence-electron chi connectivity index (χ0n) is 12.1. The molecule has 0 heterocycles. The molecule has 0 aliphatic heterocycles. The average Bonchev–Trinajstić information content (AvgIpc) is 2.31. The van der Waals surface area contributed by atoms with Crippen LogP contribution in [0.4, 0.5) is 5.69 Å². The molecule has 1 fully saturated rings. The van der Waals surface area contributed by atoms with Crippen molar-refractivity contribution in [3.05, 3.63) is 23.3 Å². The predicted molar refractivity (Wildman–Crippen MR) is 79.1 cm³/mol. The maximum absolute atomic E-state index is 12.4. The Hall–Kier alpha value is -1.11. The van der Waals surface area contributed by atoms with Gasteiger partial charge in [-0.1, -0.05) is 0 Å². The number of anilines is 1. The molecule has 1 aliphatic carbocycles. The molecule has 0 unspecified atom stereocenters. The van der Waals surface area contributed by atoms with Crippen LogP contribution in [0.2, 0.25) is 0 Å². The third kappa shape index (κ3) is 3.13. The first-order valence-corrected chi connectivity index (χ1v) is 8.32. The van der Waals surface area contributed by atoms with Crippen molar-refractivity contribution in [2.75, 3.05) is 12.3 Å². The van der Waals surface area contributed by atoms with E-state index in [2.05, 4.69) is 4.72 Å². The molecule has 1 aromatic carbocycles. The Balaban J connectivity index is 2.12. The number of rotatable bonds is 5. The van der Waals surface area contributed by atoms with Gasteiger partial charge in [0.05, 0.1) is 11.0 Å². The number of nitrogen functional groups attached to an aromatic ring is 1. The molecule has 0 saturated heterocycles. The summed E-state index contributed by atoms with van der Waals surface area (Å²) in [4.78, 5) is 0.273. The van der Waals surface area contributed by atoms with E-state index in [1.54, 1.807) is 19.1 Å². The number of nitrogens with one attached hydrogen (secondary N) is 1. The van der Waals surface area contributed by atoms with Gasteiger partial charge >= 0.3 is 0 Å². The van der Waals surface area contributed by atoms with Crippen molar-refractivity contribution in [1.82, 2.24) is 4.72 Å². The van der Waals surface area contributed by atoms with Crippen LogP contribution in [0.15, 0.2) is 17.0 Å². The molecule has 20 heavy (non-hydrogen) atoms. The van der Waals surface area contributed by atoms with Gasteiger partial charge in [-0.3, -0.25) is 0 Å². The van der Waals surface area contributed by atoms with Crippen molar-refractivity contribution in [3.8, 4) is 0 Å².